The zero-order valence-corrected chi connectivity index (χ0v) is 14.0. The topological polar surface area (TPSA) is 56.8 Å². The minimum atomic E-state index is -0.207. The maximum Gasteiger partial charge on any atom is 0.250 e. The lowest BCUT2D eigenvalue weighted by Gasteiger charge is -2.26. The van der Waals surface area contributed by atoms with Gasteiger partial charge in [0.25, 0.3) is 0 Å². The molecule has 2 aliphatic rings. The van der Waals surface area contributed by atoms with Gasteiger partial charge in [0.15, 0.2) is 11.5 Å². The molecule has 1 aliphatic carbocycles. The molecule has 1 saturated carbocycles. The van der Waals surface area contributed by atoms with Crippen LogP contribution in [0.2, 0.25) is 5.02 Å². The number of hydrogen-bond donors (Lipinski definition) is 1. The Labute approximate surface area is 141 Å². The van der Waals surface area contributed by atoms with Gasteiger partial charge < -0.3 is 19.5 Å². The second-order valence-electron chi connectivity index (χ2n) is 6.23. The maximum atomic E-state index is 12.1. The molecule has 1 heterocycles. The van der Waals surface area contributed by atoms with Crippen LogP contribution in [0.5, 0.6) is 11.5 Å². The molecule has 0 radical (unpaired) electrons. The van der Waals surface area contributed by atoms with Gasteiger partial charge in [-0.1, -0.05) is 31.4 Å². The van der Waals surface area contributed by atoms with Gasteiger partial charge in [0, 0.05) is 12.1 Å². The zero-order valence-electron chi connectivity index (χ0n) is 13.3. The summed E-state index contributed by atoms with van der Waals surface area (Å²) in [6.45, 7) is 3.26. The molecular weight excluding hydrogens is 318 g/mol. The number of fused-ring (bicyclic) bond motifs is 1. The fraction of sp³-hybridized carbons (Fsp3) is 0.588. The standard InChI is InChI=1S/C17H22ClNO4/c1-11-3-2-4-12(7-11)23-10-17(20)19-14-9-16-15(8-13(14)18)21-5-6-22-16/h8-9,11-12H,2-7,10H2,1H3,(H,19,20). The van der Waals surface area contributed by atoms with Crippen molar-refractivity contribution >= 4 is 23.2 Å². The van der Waals surface area contributed by atoms with E-state index in [1.54, 1.807) is 12.1 Å². The van der Waals surface area contributed by atoms with Crippen molar-refractivity contribution in [2.75, 3.05) is 25.1 Å². The van der Waals surface area contributed by atoms with E-state index in [2.05, 4.69) is 12.2 Å². The summed E-state index contributed by atoms with van der Waals surface area (Å²) in [7, 11) is 0. The lowest BCUT2D eigenvalue weighted by atomic mass is 9.89. The third-order valence-corrected chi connectivity index (χ3v) is 4.56. The van der Waals surface area contributed by atoms with Crippen LogP contribution in [0, 0.1) is 5.92 Å². The van der Waals surface area contributed by atoms with Crippen molar-refractivity contribution in [3.05, 3.63) is 17.2 Å². The summed E-state index contributed by atoms with van der Waals surface area (Å²) >= 11 is 6.18. The van der Waals surface area contributed by atoms with Gasteiger partial charge in [0.05, 0.1) is 16.8 Å². The van der Waals surface area contributed by atoms with Crippen LogP contribution in [0.4, 0.5) is 5.69 Å². The Morgan fingerprint density at radius 1 is 1.30 bits per heavy atom. The minimum Gasteiger partial charge on any atom is -0.486 e. The smallest absolute Gasteiger partial charge is 0.250 e. The van der Waals surface area contributed by atoms with E-state index >= 15 is 0 Å². The van der Waals surface area contributed by atoms with E-state index in [1.807, 2.05) is 0 Å². The predicted molar refractivity (Wildman–Crippen MR) is 88.4 cm³/mol. The summed E-state index contributed by atoms with van der Waals surface area (Å²) in [5.41, 5.74) is 0.515. The fourth-order valence-corrected chi connectivity index (χ4v) is 3.27. The average molecular weight is 340 g/mol. The first-order chi connectivity index (χ1) is 11.1. The monoisotopic (exact) mass is 339 g/mol. The fourth-order valence-electron chi connectivity index (χ4n) is 3.07. The SMILES string of the molecule is CC1CCCC(OCC(=O)Nc2cc3c(cc2Cl)OCCO3)C1. The molecule has 1 aromatic rings. The molecule has 5 nitrogen and oxygen atoms in total. The number of amides is 1. The summed E-state index contributed by atoms with van der Waals surface area (Å²) in [4.78, 5) is 12.1. The Morgan fingerprint density at radius 3 is 2.78 bits per heavy atom. The van der Waals surface area contributed by atoms with Crippen LogP contribution < -0.4 is 14.8 Å². The predicted octanol–water partition coefficient (Wildman–Crippen LogP) is 3.65. The second-order valence-corrected chi connectivity index (χ2v) is 6.64. The van der Waals surface area contributed by atoms with Gasteiger partial charge in [0.1, 0.15) is 19.8 Å². The maximum absolute atomic E-state index is 12.1. The molecule has 1 aromatic carbocycles. The number of ether oxygens (including phenoxy) is 3. The van der Waals surface area contributed by atoms with E-state index in [0.29, 0.717) is 41.3 Å². The van der Waals surface area contributed by atoms with Crippen LogP contribution in [0.1, 0.15) is 32.6 Å². The highest BCUT2D eigenvalue weighted by Crippen LogP contribution is 2.38. The lowest BCUT2D eigenvalue weighted by molar-refractivity contribution is -0.123. The number of anilines is 1. The van der Waals surface area contributed by atoms with Crippen LogP contribution in [0.3, 0.4) is 0 Å². The molecule has 1 N–H and O–H groups in total. The molecule has 6 heteroatoms. The Balaban J connectivity index is 1.55. The quantitative estimate of drug-likeness (QED) is 0.909. The summed E-state index contributed by atoms with van der Waals surface area (Å²) in [5.74, 6) is 1.66. The van der Waals surface area contributed by atoms with Gasteiger partial charge >= 0.3 is 0 Å². The Hall–Kier alpha value is -1.46. The van der Waals surface area contributed by atoms with E-state index in [0.717, 1.165) is 12.8 Å². The molecule has 2 unspecified atom stereocenters. The molecule has 0 aromatic heterocycles. The molecule has 2 atom stereocenters. The normalized spacial score (nSPS) is 23.4. The van der Waals surface area contributed by atoms with Gasteiger partial charge in [-0.2, -0.15) is 0 Å². The Morgan fingerprint density at radius 2 is 2.04 bits per heavy atom. The highest BCUT2D eigenvalue weighted by Gasteiger charge is 2.21. The molecule has 0 saturated heterocycles. The third-order valence-electron chi connectivity index (χ3n) is 4.24. The number of hydrogen-bond acceptors (Lipinski definition) is 4. The van der Waals surface area contributed by atoms with E-state index in [9.17, 15) is 4.79 Å². The molecule has 1 amide bonds. The number of nitrogens with one attached hydrogen (secondary N) is 1. The van der Waals surface area contributed by atoms with Gasteiger partial charge in [-0.15, -0.1) is 0 Å². The largest absolute Gasteiger partial charge is 0.486 e. The van der Waals surface area contributed by atoms with Crippen molar-refractivity contribution in [2.45, 2.75) is 38.7 Å². The first-order valence-corrected chi connectivity index (χ1v) is 8.50. The first-order valence-electron chi connectivity index (χ1n) is 8.12. The minimum absolute atomic E-state index is 0.0438. The molecule has 0 spiro atoms. The summed E-state index contributed by atoms with van der Waals surface area (Å²) in [6.07, 6.45) is 4.65. The van der Waals surface area contributed by atoms with Crippen LogP contribution in [-0.2, 0) is 9.53 Å². The average Bonchev–Trinajstić information content (AvgIpc) is 2.54. The van der Waals surface area contributed by atoms with Crippen molar-refractivity contribution in [2.24, 2.45) is 5.92 Å². The number of halogens is 1. The highest BCUT2D eigenvalue weighted by atomic mass is 35.5. The van der Waals surface area contributed by atoms with Crippen LogP contribution in [0.15, 0.2) is 12.1 Å². The van der Waals surface area contributed by atoms with Crippen molar-refractivity contribution in [1.82, 2.24) is 0 Å². The summed E-state index contributed by atoms with van der Waals surface area (Å²) in [6, 6.07) is 3.35. The third kappa shape index (κ3) is 4.30. The van der Waals surface area contributed by atoms with Gasteiger partial charge in [-0.05, 0) is 18.8 Å². The Bertz CT molecular complexity index is 578. The van der Waals surface area contributed by atoms with Crippen LogP contribution >= 0.6 is 11.6 Å². The highest BCUT2D eigenvalue weighted by molar-refractivity contribution is 6.34. The lowest BCUT2D eigenvalue weighted by Crippen LogP contribution is -2.27. The van der Waals surface area contributed by atoms with Gasteiger partial charge in [-0.3, -0.25) is 4.79 Å². The van der Waals surface area contributed by atoms with Crippen molar-refractivity contribution in [3.63, 3.8) is 0 Å². The van der Waals surface area contributed by atoms with Crippen molar-refractivity contribution in [3.8, 4) is 11.5 Å². The summed E-state index contributed by atoms with van der Waals surface area (Å²) < 4.78 is 16.7. The molecule has 1 aliphatic heterocycles. The zero-order chi connectivity index (χ0) is 16.2. The molecule has 3 rings (SSSR count). The van der Waals surface area contributed by atoms with Crippen LogP contribution in [-0.4, -0.2) is 31.8 Å². The molecule has 23 heavy (non-hydrogen) atoms. The van der Waals surface area contributed by atoms with Gasteiger partial charge in [0.2, 0.25) is 5.91 Å². The molecular formula is C17H22ClNO4. The van der Waals surface area contributed by atoms with E-state index < -0.39 is 0 Å². The number of carbonyl (C=O) groups is 1. The summed E-state index contributed by atoms with van der Waals surface area (Å²) in [5, 5.41) is 3.20. The molecule has 126 valence electrons. The Kier molecular flexibility index (Phi) is 5.28. The van der Waals surface area contributed by atoms with Crippen molar-refractivity contribution < 1.29 is 19.0 Å². The first kappa shape index (κ1) is 16.4. The second kappa shape index (κ2) is 7.41. The van der Waals surface area contributed by atoms with E-state index in [4.69, 9.17) is 25.8 Å². The van der Waals surface area contributed by atoms with Crippen molar-refractivity contribution in [1.29, 1.82) is 0 Å². The van der Waals surface area contributed by atoms with E-state index in [1.165, 1.54) is 12.8 Å². The number of carbonyl (C=O) groups excluding carboxylic acids is 1. The molecule has 0 bridgehead atoms. The number of rotatable bonds is 4. The van der Waals surface area contributed by atoms with Gasteiger partial charge in [-0.25, -0.2) is 0 Å². The van der Waals surface area contributed by atoms with Crippen LogP contribution in [0.25, 0.3) is 0 Å². The van der Waals surface area contributed by atoms with E-state index in [-0.39, 0.29) is 18.6 Å². The number of benzene rings is 1. The molecule has 1 fully saturated rings.